The van der Waals surface area contributed by atoms with E-state index in [-0.39, 0.29) is 0 Å². The molecule has 0 bridgehead atoms. The summed E-state index contributed by atoms with van der Waals surface area (Å²) in [6, 6.07) is 14.1. The maximum atomic E-state index is 11.3. The topological polar surface area (TPSA) is 95.1 Å². The van der Waals surface area contributed by atoms with Gasteiger partial charge in [-0.1, -0.05) is 43.5 Å². The van der Waals surface area contributed by atoms with Gasteiger partial charge in [0.05, 0.1) is 24.3 Å². The number of carboxylic acid groups (broad SMARTS) is 1. The fourth-order valence-electron chi connectivity index (χ4n) is 5.66. The van der Waals surface area contributed by atoms with Crippen LogP contribution in [-0.2, 0) is 13.1 Å². The molecule has 0 saturated heterocycles. The summed E-state index contributed by atoms with van der Waals surface area (Å²) in [4.78, 5) is 12.9. The van der Waals surface area contributed by atoms with E-state index in [0.717, 1.165) is 34.9 Å². The van der Waals surface area contributed by atoms with Crippen LogP contribution >= 0.6 is 0 Å². The van der Waals surface area contributed by atoms with Crippen molar-refractivity contribution in [3.63, 3.8) is 0 Å². The molecule has 4 aromatic rings. The summed E-state index contributed by atoms with van der Waals surface area (Å²) < 4.78 is 7.34. The van der Waals surface area contributed by atoms with Gasteiger partial charge in [0.15, 0.2) is 0 Å². The van der Waals surface area contributed by atoms with Gasteiger partial charge in [-0.05, 0) is 60.2 Å². The first-order valence-electron chi connectivity index (χ1n) is 12.3. The van der Waals surface area contributed by atoms with E-state index < -0.39 is 6.16 Å². The number of rotatable bonds is 4. The van der Waals surface area contributed by atoms with Gasteiger partial charge in [-0.25, -0.2) is 4.79 Å². The summed E-state index contributed by atoms with van der Waals surface area (Å²) >= 11 is 0. The van der Waals surface area contributed by atoms with Crippen LogP contribution in [0.15, 0.2) is 42.5 Å². The Labute approximate surface area is 202 Å². The second kappa shape index (κ2) is 8.69. The third-order valence-corrected chi connectivity index (χ3v) is 7.19. The number of hydrogen-bond acceptors (Lipinski definition) is 5. The standard InChI is InChI=1S/C27H27N5O3/c1-2-32-29-26(28-30-32)19-14-18-10-6-7-11-21(18)25-24(17-8-4-3-5-9-17)22-13-12-20(35-27(33)34)15-23(22)31(25)16-19/h6-7,10-15,17H,2-5,8-9,16H2,1H3,(H,33,34). The fourth-order valence-corrected chi connectivity index (χ4v) is 5.66. The third-order valence-electron chi connectivity index (χ3n) is 7.19. The second-order valence-corrected chi connectivity index (χ2v) is 9.29. The smallest absolute Gasteiger partial charge is 0.449 e. The van der Waals surface area contributed by atoms with E-state index in [0.29, 0.717) is 30.6 Å². The molecule has 0 spiro atoms. The Hall–Kier alpha value is -3.94. The molecular formula is C27H27N5O3. The lowest BCUT2D eigenvalue weighted by Gasteiger charge is -2.24. The number of hydrogen-bond donors (Lipinski definition) is 1. The normalized spacial score (nSPS) is 15.9. The van der Waals surface area contributed by atoms with Crippen LogP contribution in [0.3, 0.4) is 0 Å². The van der Waals surface area contributed by atoms with Crippen molar-refractivity contribution >= 4 is 28.7 Å². The summed E-state index contributed by atoms with van der Waals surface area (Å²) in [5.41, 5.74) is 6.77. The van der Waals surface area contributed by atoms with Crippen molar-refractivity contribution in [1.29, 1.82) is 0 Å². The van der Waals surface area contributed by atoms with Crippen molar-refractivity contribution in [3.05, 3.63) is 59.4 Å². The summed E-state index contributed by atoms with van der Waals surface area (Å²) in [7, 11) is 0. The zero-order valence-electron chi connectivity index (χ0n) is 19.6. The van der Waals surface area contributed by atoms with Gasteiger partial charge in [-0.15, -0.1) is 10.2 Å². The molecule has 35 heavy (non-hydrogen) atoms. The molecule has 0 atom stereocenters. The average Bonchev–Trinajstić information content (AvgIpc) is 3.42. The summed E-state index contributed by atoms with van der Waals surface area (Å²) in [6.07, 6.45) is 6.90. The highest BCUT2D eigenvalue weighted by atomic mass is 16.7. The lowest BCUT2D eigenvalue weighted by molar-refractivity contribution is 0.144. The molecule has 3 heterocycles. The Morgan fingerprint density at radius 3 is 2.74 bits per heavy atom. The predicted molar refractivity (Wildman–Crippen MR) is 133 cm³/mol. The van der Waals surface area contributed by atoms with Gasteiger partial charge < -0.3 is 14.4 Å². The quantitative estimate of drug-likeness (QED) is 0.292. The molecule has 0 amide bonds. The van der Waals surface area contributed by atoms with Gasteiger partial charge in [0.25, 0.3) is 0 Å². The van der Waals surface area contributed by atoms with Crippen LogP contribution in [0.5, 0.6) is 5.75 Å². The van der Waals surface area contributed by atoms with Crippen molar-refractivity contribution in [1.82, 2.24) is 24.8 Å². The van der Waals surface area contributed by atoms with Gasteiger partial charge in [0.1, 0.15) is 5.75 Å². The molecular weight excluding hydrogens is 442 g/mol. The van der Waals surface area contributed by atoms with Crippen LogP contribution in [-0.4, -0.2) is 36.0 Å². The third kappa shape index (κ3) is 3.79. The molecule has 1 saturated carbocycles. The molecule has 8 nitrogen and oxygen atoms in total. The zero-order valence-corrected chi connectivity index (χ0v) is 19.6. The van der Waals surface area contributed by atoms with Crippen molar-refractivity contribution < 1.29 is 14.6 Å². The van der Waals surface area contributed by atoms with E-state index in [2.05, 4.69) is 50.3 Å². The van der Waals surface area contributed by atoms with E-state index in [4.69, 9.17) is 4.74 Å². The molecule has 1 fully saturated rings. The maximum Gasteiger partial charge on any atom is 0.511 e. The lowest BCUT2D eigenvalue weighted by atomic mass is 9.81. The molecule has 1 aliphatic heterocycles. The number of allylic oxidation sites excluding steroid dienone is 1. The van der Waals surface area contributed by atoms with Crippen molar-refractivity contribution in [2.75, 3.05) is 0 Å². The minimum absolute atomic E-state index is 0.318. The van der Waals surface area contributed by atoms with Crippen molar-refractivity contribution in [2.24, 2.45) is 0 Å². The molecule has 0 unspecified atom stereocenters. The fraction of sp³-hybridized carbons (Fsp3) is 0.333. The molecule has 0 radical (unpaired) electrons. The van der Waals surface area contributed by atoms with E-state index in [1.165, 1.54) is 36.1 Å². The highest BCUT2D eigenvalue weighted by Gasteiger charge is 2.30. The largest absolute Gasteiger partial charge is 0.511 e. The highest BCUT2D eigenvalue weighted by molar-refractivity contribution is 5.98. The Kier molecular flexibility index (Phi) is 5.36. The predicted octanol–water partition coefficient (Wildman–Crippen LogP) is 5.97. The first-order valence-corrected chi connectivity index (χ1v) is 12.3. The first-order chi connectivity index (χ1) is 17.1. The van der Waals surface area contributed by atoms with E-state index in [1.54, 1.807) is 10.9 Å². The van der Waals surface area contributed by atoms with Gasteiger partial charge in [-0.2, -0.15) is 4.80 Å². The Balaban J connectivity index is 1.62. The Morgan fingerprint density at radius 2 is 1.97 bits per heavy atom. The van der Waals surface area contributed by atoms with Crippen LogP contribution < -0.4 is 4.74 Å². The van der Waals surface area contributed by atoms with Crippen LogP contribution in [0.25, 0.3) is 33.8 Å². The molecule has 1 N–H and O–H groups in total. The minimum Gasteiger partial charge on any atom is -0.449 e. The number of aromatic nitrogens is 5. The Bertz CT molecular complexity index is 1460. The maximum absolute atomic E-state index is 11.3. The van der Waals surface area contributed by atoms with Crippen molar-refractivity contribution in [2.45, 2.75) is 58.0 Å². The zero-order chi connectivity index (χ0) is 23.9. The monoisotopic (exact) mass is 469 g/mol. The van der Waals surface area contributed by atoms with Crippen LogP contribution in [0.1, 0.15) is 61.9 Å². The molecule has 2 aromatic carbocycles. The van der Waals surface area contributed by atoms with E-state index in [9.17, 15) is 9.90 Å². The number of ether oxygens (including phenoxy) is 1. The number of benzene rings is 2. The number of tetrazole rings is 1. The number of aryl methyl sites for hydroxylation is 1. The van der Waals surface area contributed by atoms with Crippen LogP contribution in [0.2, 0.25) is 0 Å². The summed E-state index contributed by atoms with van der Waals surface area (Å²) in [5.74, 6) is 1.38. The highest BCUT2D eigenvalue weighted by Crippen LogP contribution is 2.47. The van der Waals surface area contributed by atoms with E-state index >= 15 is 0 Å². The molecule has 8 heteroatoms. The first kappa shape index (κ1) is 21.6. The van der Waals surface area contributed by atoms with E-state index in [1.807, 2.05) is 19.1 Å². The minimum atomic E-state index is -1.31. The van der Waals surface area contributed by atoms with Gasteiger partial charge in [0.2, 0.25) is 5.82 Å². The molecule has 1 aliphatic carbocycles. The lowest BCUT2D eigenvalue weighted by Crippen LogP contribution is -2.07. The number of carbonyl (C=O) groups is 1. The Morgan fingerprint density at radius 1 is 1.14 bits per heavy atom. The number of nitrogens with zero attached hydrogens (tertiary/aromatic N) is 5. The number of fused-ring (bicyclic) bond motifs is 5. The van der Waals surface area contributed by atoms with Gasteiger partial charge in [-0.3, -0.25) is 0 Å². The molecule has 6 rings (SSSR count). The van der Waals surface area contributed by atoms with Gasteiger partial charge >= 0.3 is 6.16 Å². The van der Waals surface area contributed by atoms with Crippen LogP contribution in [0.4, 0.5) is 4.79 Å². The van der Waals surface area contributed by atoms with Crippen LogP contribution in [0, 0.1) is 0 Å². The SMILES string of the molecule is CCn1nnc(C2=Cc3ccccc3-c3c(C4CCCCC4)c4ccc(OC(=O)O)cc4n3C2)n1. The molecule has 2 aliphatic rings. The average molecular weight is 470 g/mol. The van der Waals surface area contributed by atoms with Gasteiger partial charge in [0, 0.05) is 22.6 Å². The second-order valence-electron chi connectivity index (χ2n) is 9.29. The summed E-state index contributed by atoms with van der Waals surface area (Å²) in [5, 5.41) is 23.5. The molecule has 178 valence electrons. The van der Waals surface area contributed by atoms with Crippen molar-refractivity contribution in [3.8, 4) is 17.0 Å². The molecule has 2 aromatic heterocycles. The summed E-state index contributed by atoms with van der Waals surface area (Å²) in [6.45, 7) is 3.19.